The van der Waals surface area contributed by atoms with Crippen molar-refractivity contribution in [3.05, 3.63) is 24.2 Å². The molecule has 0 spiro atoms. The molecule has 1 aromatic rings. The number of hydrogen-bond acceptors (Lipinski definition) is 4. The highest BCUT2D eigenvalue weighted by Gasteiger charge is 1.95. The molecule has 3 nitrogen and oxygen atoms in total. The van der Waals surface area contributed by atoms with Crippen LogP contribution in [0.2, 0.25) is 0 Å². The van der Waals surface area contributed by atoms with E-state index in [0.29, 0.717) is 0 Å². The average molecular weight is 257 g/mol. The maximum atomic E-state index is 5.46. The fourth-order valence-corrected chi connectivity index (χ4v) is 2.13. The van der Waals surface area contributed by atoms with Crippen molar-refractivity contribution in [3.8, 4) is 0 Å². The summed E-state index contributed by atoms with van der Waals surface area (Å²) < 4.78 is 10.7. The predicted octanol–water partition coefficient (Wildman–Crippen LogP) is 2.92. The van der Waals surface area contributed by atoms with Crippen molar-refractivity contribution >= 4 is 11.8 Å². The van der Waals surface area contributed by atoms with E-state index >= 15 is 0 Å². The first-order valence-corrected chi connectivity index (χ1v) is 7.47. The molecular weight excluding hydrogens is 234 g/mol. The Bertz CT molecular complexity index is 252. The van der Waals surface area contributed by atoms with Crippen LogP contribution in [0.5, 0.6) is 0 Å². The molecule has 1 rings (SSSR count). The van der Waals surface area contributed by atoms with E-state index in [4.69, 9.17) is 9.15 Å². The average Bonchev–Trinajstić information content (AvgIpc) is 2.85. The van der Waals surface area contributed by atoms with E-state index in [-0.39, 0.29) is 0 Å². The number of thioether (sulfide) groups is 1. The first-order chi connectivity index (χ1) is 8.43. The molecule has 0 radical (unpaired) electrons. The van der Waals surface area contributed by atoms with Crippen molar-refractivity contribution < 1.29 is 9.15 Å². The zero-order valence-corrected chi connectivity index (χ0v) is 11.4. The van der Waals surface area contributed by atoms with E-state index in [0.717, 1.165) is 43.6 Å². The lowest BCUT2D eigenvalue weighted by molar-refractivity contribution is 0.133. The summed E-state index contributed by atoms with van der Waals surface area (Å²) >= 11 is 1.89. The van der Waals surface area contributed by atoms with Crippen LogP contribution >= 0.6 is 11.8 Å². The van der Waals surface area contributed by atoms with Gasteiger partial charge in [-0.1, -0.05) is 13.3 Å². The fourth-order valence-electron chi connectivity index (χ4n) is 1.33. The lowest BCUT2D eigenvalue weighted by atomic mass is 10.4. The van der Waals surface area contributed by atoms with Gasteiger partial charge >= 0.3 is 0 Å². The second kappa shape index (κ2) is 10.7. The molecule has 0 aliphatic heterocycles. The lowest BCUT2D eigenvalue weighted by Crippen LogP contribution is -2.22. The van der Waals surface area contributed by atoms with E-state index in [2.05, 4.69) is 12.2 Å². The Morgan fingerprint density at radius 1 is 1.35 bits per heavy atom. The molecule has 17 heavy (non-hydrogen) atoms. The van der Waals surface area contributed by atoms with Gasteiger partial charge in [0.05, 0.1) is 18.6 Å². The number of unbranched alkanes of at least 4 members (excludes halogenated alkanes) is 1. The van der Waals surface area contributed by atoms with Crippen molar-refractivity contribution in [1.82, 2.24) is 5.32 Å². The SMILES string of the molecule is CCCCOCCNCCSCc1ccco1. The fraction of sp³-hybridized carbons (Fsp3) is 0.692. The molecule has 0 aliphatic rings. The van der Waals surface area contributed by atoms with E-state index in [9.17, 15) is 0 Å². The number of ether oxygens (including phenoxy) is 1. The summed E-state index contributed by atoms with van der Waals surface area (Å²) in [6.07, 6.45) is 4.09. The molecule has 0 saturated heterocycles. The summed E-state index contributed by atoms with van der Waals surface area (Å²) in [7, 11) is 0. The van der Waals surface area contributed by atoms with Gasteiger partial charge in [0.15, 0.2) is 0 Å². The van der Waals surface area contributed by atoms with Crippen molar-refractivity contribution in [2.24, 2.45) is 0 Å². The van der Waals surface area contributed by atoms with Crippen molar-refractivity contribution in [2.45, 2.75) is 25.5 Å². The van der Waals surface area contributed by atoms with Crippen LogP contribution < -0.4 is 5.32 Å². The van der Waals surface area contributed by atoms with Crippen LogP contribution in [0.25, 0.3) is 0 Å². The van der Waals surface area contributed by atoms with Gasteiger partial charge in [0, 0.05) is 25.4 Å². The van der Waals surface area contributed by atoms with E-state index in [1.54, 1.807) is 6.26 Å². The van der Waals surface area contributed by atoms with Crippen LogP contribution in [0, 0.1) is 0 Å². The highest BCUT2D eigenvalue weighted by Crippen LogP contribution is 2.11. The number of furan rings is 1. The van der Waals surface area contributed by atoms with E-state index < -0.39 is 0 Å². The van der Waals surface area contributed by atoms with E-state index in [1.165, 1.54) is 12.8 Å². The third kappa shape index (κ3) is 8.30. The first-order valence-electron chi connectivity index (χ1n) is 6.32. The molecule has 0 unspecified atom stereocenters. The minimum absolute atomic E-state index is 0.822. The molecule has 0 fully saturated rings. The van der Waals surface area contributed by atoms with Crippen LogP contribution in [-0.2, 0) is 10.5 Å². The van der Waals surface area contributed by atoms with Crippen molar-refractivity contribution in [3.63, 3.8) is 0 Å². The Balaban J connectivity index is 1.76. The largest absolute Gasteiger partial charge is 0.468 e. The zero-order chi connectivity index (χ0) is 12.2. The third-order valence-corrected chi connectivity index (χ3v) is 3.29. The summed E-state index contributed by atoms with van der Waals surface area (Å²) in [5, 5.41) is 3.37. The van der Waals surface area contributed by atoms with Gasteiger partial charge in [-0.25, -0.2) is 0 Å². The molecule has 0 atom stereocenters. The van der Waals surface area contributed by atoms with Crippen molar-refractivity contribution in [2.75, 3.05) is 32.1 Å². The summed E-state index contributed by atoms with van der Waals surface area (Å²) in [6, 6.07) is 3.95. The second-order valence-electron chi connectivity index (χ2n) is 3.85. The number of nitrogens with one attached hydrogen (secondary N) is 1. The lowest BCUT2D eigenvalue weighted by Gasteiger charge is -2.05. The normalized spacial score (nSPS) is 10.9. The van der Waals surface area contributed by atoms with Gasteiger partial charge in [-0.05, 0) is 18.6 Å². The van der Waals surface area contributed by atoms with Crippen LogP contribution in [0.1, 0.15) is 25.5 Å². The Morgan fingerprint density at radius 3 is 3.06 bits per heavy atom. The molecule has 0 bridgehead atoms. The summed E-state index contributed by atoms with van der Waals surface area (Å²) in [5.74, 6) is 3.12. The van der Waals surface area contributed by atoms with Crippen molar-refractivity contribution in [1.29, 1.82) is 0 Å². The summed E-state index contributed by atoms with van der Waals surface area (Å²) in [6.45, 7) is 5.87. The van der Waals surface area contributed by atoms with Crippen LogP contribution in [0.4, 0.5) is 0 Å². The van der Waals surface area contributed by atoms with Crippen LogP contribution in [0.3, 0.4) is 0 Å². The molecule has 4 heteroatoms. The second-order valence-corrected chi connectivity index (χ2v) is 4.95. The molecule has 0 aromatic carbocycles. The van der Waals surface area contributed by atoms with Gasteiger partial charge in [0.25, 0.3) is 0 Å². The zero-order valence-electron chi connectivity index (χ0n) is 10.6. The number of hydrogen-bond donors (Lipinski definition) is 1. The monoisotopic (exact) mass is 257 g/mol. The minimum Gasteiger partial charge on any atom is -0.468 e. The molecular formula is C13H23NO2S. The Labute approximate surface area is 108 Å². The van der Waals surface area contributed by atoms with Gasteiger partial charge < -0.3 is 14.5 Å². The van der Waals surface area contributed by atoms with Crippen LogP contribution in [-0.4, -0.2) is 32.1 Å². The molecule has 0 aliphatic carbocycles. The van der Waals surface area contributed by atoms with Crippen LogP contribution in [0.15, 0.2) is 22.8 Å². The Hall–Kier alpha value is -0.450. The van der Waals surface area contributed by atoms with Gasteiger partial charge in [-0.3, -0.25) is 0 Å². The van der Waals surface area contributed by atoms with Gasteiger partial charge in [-0.2, -0.15) is 11.8 Å². The summed E-state index contributed by atoms with van der Waals surface area (Å²) in [4.78, 5) is 0. The minimum atomic E-state index is 0.822. The summed E-state index contributed by atoms with van der Waals surface area (Å²) in [5.41, 5.74) is 0. The molecule has 1 N–H and O–H groups in total. The first kappa shape index (κ1) is 14.6. The smallest absolute Gasteiger partial charge is 0.113 e. The van der Waals surface area contributed by atoms with Gasteiger partial charge in [0.1, 0.15) is 5.76 Å². The number of rotatable bonds is 11. The quantitative estimate of drug-likeness (QED) is 0.618. The predicted molar refractivity (Wildman–Crippen MR) is 73.5 cm³/mol. The standard InChI is InChI=1S/C13H23NO2S/c1-2-3-8-15-10-6-14-7-11-17-12-13-5-4-9-16-13/h4-5,9,14H,2-3,6-8,10-12H2,1H3. The highest BCUT2D eigenvalue weighted by molar-refractivity contribution is 7.98. The maximum absolute atomic E-state index is 5.46. The van der Waals surface area contributed by atoms with Gasteiger partial charge in [-0.15, -0.1) is 0 Å². The third-order valence-electron chi connectivity index (χ3n) is 2.31. The molecule has 0 amide bonds. The highest BCUT2D eigenvalue weighted by atomic mass is 32.2. The molecule has 1 heterocycles. The topological polar surface area (TPSA) is 34.4 Å². The maximum Gasteiger partial charge on any atom is 0.113 e. The van der Waals surface area contributed by atoms with Gasteiger partial charge in [0.2, 0.25) is 0 Å². The molecule has 98 valence electrons. The Morgan fingerprint density at radius 2 is 2.29 bits per heavy atom. The molecule has 1 aromatic heterocycles. The molecule has 0 saturated carbocycles. The Kier molecular flexibility index (Phi) is 9.19. The van der Waals surface area contributed by atoms with E-state index in [1.807, 2.05) is 23.9 Å².